The fourth-order valence-corrected chi connectivity index (χ4v) is 2.25. The van der Waals surface area contributed by atoms with Gasteiger partial charge in [-0.15, -0.1) is 0 Å². The van der Waals surface area contributed by atoms with Crippen LogP contribution in [0.3, 0.4) is 0 Å². The maximum atomic E-state index is 10.1. The summed E-state index contributed by atoms with van der Waals surface area (Å²) in [5, 5.41) is 20.0. The second kappa shape index (κ2) is 4.41. The Morgan fingerprint density at radius 1 is 1.32 bits per heavy atom. The Bertz CT molecular complexity index is 601. The highest BCUT2D eigenvalue weighted by Gasteiger charge is 2.38. The molecule has 3 heterocycles. The first-order valence-corrected chi connectivity index (χ1v) is 6.00. The van der Waals surface area contributed by atoms with Crippen molar-refractivity contribution in [3.8, 4) is 0 Å². The minimum Gasteiger partial charge on any atom is -0.390 e. The molecule has 0 radical (unpaired) electrons. The molecule has 19 heavy (non-hydrogen) atoms. The molecule has 4 N–H and O–H groups in total. The van der Waals surface area contributed by atoms with Crippen LogP contribution in [0.25, 0.3) is 11.2 Å². The van der Waals surface area contributed by atoms with Gasteiger partial charge >= 0.3 is 0 Å². The third-order valence-electron chi connectivity index (χ3n) is 3.42. The molecule has 2 aromatic rings. The van der Waals surface area contributed by atoms with Gasteiger partial charge in [-0.05, 0) is 0 Å². The highest BCUT2D eigenvalue weighted by atomic mass is 16.5. The number of imidazole rings is 1. The molecule has 0 bridgehead atoms. The molecule has 8 heteroatoms. The monoisotopic (exact) mass is 265 g/mol. The lowest BCUT2D eigenvalue weighted by Crippen LogP contribution is -2.46. The summed E-state index contributed by atoms with van der Waals surface area (Å²) in [4.78, 5) is 12.1. The van der Waals surface area contributed by atoms with Gasteiger partial charge in [-0.25, -0.2) is 15.0 Å². The van der Waals surface area contributed by atoms with Crippen LogP contribution in [0.1, 0.15) is 13.2 Å². The van der Waals surface area contributed by atoms with Crippen LogP contribution in [0.2, 0.25) is 0 Å². The maximum Gasteiger partial charge on any atom is 0.167 e. The largest absolute Gasteiger partial charge is 0.390 e. The topological polar surface area (TPSA) is 119 Å². The number of aromatic nitrogens is 4. The van der Waals surface area contributed by atoms with E-state index >= 15 is 0 Å². The number of nitrogen functional groups attached to an aromatic ring is 1. The van der Waals surface area contributed by atoms with E-state index in [0.29, 0.717) is 17.8 Å². The van der Waals surface area contributed by atoms with Crippen LogP contribution in [-0.2, 0) is 4.74 Å². The molecule has 0 spiro atoms. The summed E-state index contributed by atoms with van der Waals surface area (Å²) in [7, 11) is 0. The molecule has 4 atom stereocenters. The Morgan fingerprint density at radius 3 is 2.89 bits per heavy atom. The van der Waals surface area contributed by atoms with Gasteiger partial charge in [0.1, 0.15) is 17.9 Å². The fourth-order valence-electron chi connectivity index (χ4n) is 2.25. The zero-order chi connectivity index (χ0) is 13.6. The van der Waals surface area contributed by atoms with Gasteiger partial charge in [0.15, 0.2) is 17.7 Å². The van der Waals surface area contributed by atoms with Crippen molar-refractivity contribution in [3.05, 3.63) is 12.7 Å². The zero-order valence-corrected chi connectivity index (χ0v) is 10.3. The smallest absolute Gasteiger partial charge is 0.167 e. The molecule has 2 aromatic heterocycles. The average Bonchev–Trinajstić information content (AvgIpc) is 2.82. The van der Waals surface area contributed by atoms with E-state index in [1.165, 1.54) is 12.7 Å². The van der Waals surface area contributed by atoms with Gasteiger partial charge in [0.2, 0.25) is 0 Å². The molecule has 0 aliphatic carbocycles. The van der Waals surface area contributed by atoms with E-state index in [1.807, 2.05) is 6.92 Å². The molecule has 1 fully saturated rings. The van der Waals surface area contributed by atoms with Crippen molar-refractivity contribution in [2.24, 2.45) is 5.92 Å². The summed E-state index contributed by atoms with van der Waals surface area (Å²) in [6, 6.07) is 0. The fraction of sp³-hybridized carbons (Fsp3) is 0.545. The predicted octanol–water partition coefficient (Wildman–Crippen LogP) is -0.705. The van der Waals surface area contributed by atoms with Crippen LogP contribution in [0.15, 0.2) is 12.7 Å². The molecule has 0 aromatic carbocycles. The summed E-state index contributed by atoms with van der Waals surface area (Å²) in [6.07, 6.45) is 0.175. The molecule has 1 saturated heterocycles. The zero-order valence-electron chi connectivity index (χ0n) is 10.3. The summed E-state index contributed by atoms with van der Waals surface area (Å²) in [6.45, 7) is 2.17. The van der Waals surface area contributed by atoms with E-state index in [-0.39, 0.29) is 11.7 Å². The van der Waals surface area contributed by atoms with Gasteiger partial charge in [0.05, 0.1) is 19.0 Å². The molecule has 8 nitrogen and oxygen atoms in total. The number of aliphatic hydroxyl groups is 2. The highest BCUT2D eigenvalue weighted by molar-refractivity contribution is 5.81. The number of nitrogens with two attached hydrogens (primary N) is 1. The van der Waals surface area contributed by atoms with Crippen molar-refractivity contribution >= 4 is 17.0 Å². The summed E-state index contributed by atoms with van der Waals surface area (Å²) in [5.74, 6) is 0.142. The second-order valence-electron chi connectivity index (χ2n) is 4.77. The molecule has 3 rings (SSSR count). The van der Waals surface area contributed by atoms with Crippen molar-refractivity contribution in [1.29, 1.82) is 0 Å². The second-order valence-corrected chi connectivity index (χ2v) is 4.77. The summed E-state index contributed by atoms with van der Waals surface area (Å²) >= 11 is 0. The van der Waals surface area contributed by atoms with Gasteiger partial charge in [-0.2, -0.15) is 0 Å². The van der Waals surface area contributed by atoms with Gasteiger partial charge in [0, 0.05) is 5.92 Å². The Kier molecular flexibility index (Phi) is 2.85. The normalized spacial score (nSPS) is 31.7. The van der Waals surface area contributed by atoms with Crippen molar-refractivity contribution in [2.75, 3.05) is 12.3 Å². The quantitative estimate of drug-likeness (QED) is 0.623. The van der Waals surface area contributed by atoms with Crippen molar-refractivity contribution in [3.63, 3.8) is 0 Å². The van der Waals surface area contributed by atoms with E-state index in [2.05, 4.69) is 15.0 Å². The van der Waals surface area contributed by atoms with Gasteiger partial charge < -0.3 is 20.7 Å². The van der Waals surface area contributed by atoms with Crippen LogP contribution >= 0.6 is 0 Å². The Labute approximate surface area is 108 Å². The third-order valence-corrected chi connectivity index (χ3v) is 3.42. The molecular weight excluding hydrogens is 250 g/mol. The van der Waals surface area contributed by atoms with Gasteiger partial charge in [-0.1, -0.05) is 6.92 Å². The van der Waals surface area contributed by atoms with Gasteiger partial charge in [0.25, 0.3) is 0 Å². The molecule has 0 amide bonds. The van der Waals surface area contributed by atoms with Crippen LogP contribution in [0, 0.1) is 5.92 Å². The first-order chi connectivity index (χ1) is 9.09. The van der Waals surface area contributed by atoms with E-state index in [4.69, 9.17) is 10.5 Å². The lowest BCUT2D eigenvalue weighted by atomic mass is 9.97. The standard InChI is InChI=1S/C11H15N5O3/c1-5-2-19-11(8(18)7(5)17)16-4-15-6-9(12)13-3-14-10(6)16/h3-5,7-8,11,17-18H,2H2,1H3,(H2,12,13,14). The Balaban J connectivity index is 2.03. The Hall–Kier alpha value is -1.77. The highest BCUT2D eigenvalue weighted by Crippen LogP contribution is 2.29. The van der Waals surface area contributed by atoms with Crippen molar-refractivity contribution < 1.29 is 14.9 Å². The third kappa shape index (κ3) is 1.84. The van der Waals surface area contributed by atoms with Crippen LogP contribution < -0.4 is 5.73 Å². The number of aliphatic hydroxyl groups excluding tert-OH is 2. The predicted molar refractivity (Wildman–Crippen MR) is 65.9 cm³/mol. The maximum absolute atomic E-state index is 10.1. The van der Waals surface area contributed by atoms with Crippen LogP contribution in [-0.4, -0.2) is 48.5 Å². The van der Waals surface area contributed by atoms with Crippen molar-refractivity contribution in [1.82, 2.24) is 19.5 Å². The number of nitrogens with zero attached hydrogens (tertiary/aromatic N) is 4. The minimum absolute atomic E-state index is 0.124. The number of hydrogen-bond donors (Lipinski definition) is 3. The first kappa shape index (κ1) is 12.3. The van der Waals surface area contributed by atoms with E-state index in [0.717, 1.165) is 0 Å². The van der Waals surface area contributed by atoms with E-state index in [9.17, 15) is 10.2 Å². The van der Waals surface area contributed by atoms with Crippen LogP contribution in [0.4, 0.5) is 5.82 Å². The Morgan fingerprint density at radius 2 is 2.11 bits per heavy atom. The van der Waals surface area contributed by atoms with Crippen molar-refractivity contribution in [2.45, 2.75) is 25.4 Å². The number of fused-ring (bicyclic) bond motifs is 1. The lowest BCUT2D eigenvalue weighted by molar-refractivity contribution is -0.187. The molecular formula is C11H15N5O3. The van der Waals surface area contributed by atoms with Gasteiger partial charge in [-0.3, -0.25) is 4.57 Å². The number of ether oxygens (including phenoxy) is 1. The van der Waals surface area contributed by atoms with E-state index < -0.39 is 18.4 Å². The number of anilines is 1. The summed E-state index contributed by atoms with van der Waals surface area (Å²) < 4.78 is 7.14. The average molecular weight is 265 g/mol. The van der Waals surface area contributed by atoms with Crippen LogP contribution in [0.5, 0.6) is 0 Å². The molecule has 1 aliphatic rings. The molecule has 1 aliphatic heterocycles. The van der Waals surface area contributed by atoms with E-state index in [1.54, 1.807) is 4.57 Å². The summed E-state index contributed by atoms with van der Waals surface area (Å²) in [5.41, 5.74) is 6.62. The number of rotatable bonds is 1. The molecule has 102 valence electrons. The minimum atomic E-state index is -1.04. The number of hydrogen-bond acceptors (Lipinski definition) is 7. The SMILES string of the molecule is CC1COC(n2cnc3c(N)ncnc32)C(O)C1O. The first-order valence-electron chi connectivity index (χ1n) is 6.00. The molecule has 0 saturated carbocycles. The lowest BCUT2D eigenvalue weighted by Gasteiger charge is -2.36. The molecule has 4 unspecified atom stereocenters.